The van der Waals surface area contributed by atoms with E-state index in [1.54, 1.807) is 6.26 Å². The van der Waals surface area contributed by atoms with Gasteiger partial charge in [0.15, 0.2) is 0 Å². The molecule has 0 aromatic carbocycles. The Morgan fingerprint density at radius 1 is 0.968 bits per heavy atom. The average molecular weight is 431 g/mol. The van der Waals surface area contributed by atoms with Crippen LogP contribution in [0.4, 0.5) is 4.79 Å². The van der Waals surface area contributed by atoms with Crippen LogP contribution in [-0.2, 0) is 11.3 Å². The van der Waals surface area contributed by atoms with Crippen molar-refractivity contribution < 1.29 is 14.0 Å². The number of rotatable bonds is 6. The number of urea groups is 1. The number of carbonyl (C=O) groups excluding carboxylic acids is 2. The normalized spacial score (nSPS) is 22.4. The first-order chi connectivity index (χ1) is 15.2. The Bertz CT molecular complexity index is 686. The number of carbonyl (C=O) groups is 2. The Labute approximate surface area is 185 Å². The third-order valence-corrected chi connectivity index (χ3v) is 7.33. The lowest BCUT2D eigenvalue weighted by Crippen LogP contribution is -2.52. The van der Waals surface area contributed by atoms with Crippen molar-refractivity contribution >= 4 is 11.9 Å². The summed E-state index contributed by atoms with van der Waals surface area (Å²) in [6, 6.07) is 4.00. The second kappa shape index (κ2) is 11.0. The zero-order valence-corrected chi connectivity index (χ0v) is 18.7. The van der Waals surface area contributed by atoms with Crippen molar-refractivity contribution in [2.24, 2.45) is 11.8 Å². The average Bonchev–Trinajstić information content (AvgIpc) is 3.33. The number of nitrogens with zero attached hydrogens (tertiary/aromatic N) is 2. The summed E-state index contributed by atoms with van der Waals surface area (Å²) >= 11 is 0. The maximum absolute atomic E-state index is 12.7. The Morgan fingerprint density at radius 2 is 1.71 bits per heavy atom. The van der Waals surface area contributed by atoms with Crippen molar-refractivity contribution in [3.05, 3.63) is 24.2 Å². The first-order valence-corrected chi connectivity index (χ1v) is 12.3. The predicted octanol–water partition coefficient (Wildman–Crippen LogP) is 3.36. The Morgan fingerprint density at radius 3 is 2.39 bits per heavy atom. The summed E-state index contributed by atoms with van der Waals surface area (Å²) in [6.45, 7) is 5.15. The van der Waals surface area contributed by atoms with Gasteiger partial charge in [-0.3, -0.25) is 4.79 Å². The van der Waals surface area contributed by atoms with Gasteiger partial charge in [-0.15, -0.1) is 0 Å². The summed E-state index contributed by atoms with van der Waals surface area (Å²) in [6.07, 6.45) is 12.2. The van der Waals surface area contributed by atoms with Gasteiger partial charge in [-0.1, -0.05) is 19.3 Å². The lowest BCUT2D eigenvalue weighted by Gasteiger charge is -2.37. The Kier molecular flexibility index (Phi) is 7.89. The minimum atomic E-state index is -0.0259. The molecule has 2 aliphatic heterocycles. The summed E-state index contributed by atoms with van der Waals surface area (Å²) in [5, 5.41) is 6.19. The number of hydrogen-bond acceptors (Lipinski definition) is 4. The van der Waals surface area contributed by atoms with E-state index in [9.17, 15) is 9.59 Å². The SMILES string of the molecule is O=C(NCc1ccco1)C1CCN(C(=O)NC2CCN(CC3CCCCC3)CC2)CC1. The smallest absolute Gasteiger partial charge is 0.317 e. The molecular formula is C24H38N4O3. The van der Waals surface area contributed by atoms with Gasteiger partial charge in [0.1, 0.15) is 5.76 Å². The van der Waals surface area contributed by atoms with Crippen molar-refractivity contribution in [3.8, 4) is 0 Å². The van der Waals surface area contributed by atoms with Crippen molar-refractivity contribution in [1.29, 1.82) is 0 Å². The fourth-order valence-corrected chi connectivity index (χ4v) is 5.34. The molecule has 4 rings (SSSR count). The van der Waals surface area contributed by atoms with Crippen LogP contribution < -0.4 is 10.6 Å². The highest BCUT2D eigenvalue weighted by Gasteiger charge is 2.29. The van der Waals surface area contributed by atoms with E-state index in [0.717, 1.165) is 50.5 Å². The van der Waals surface area contributed by atoms with E-state index in [1.807, 2.05) is 17.0 Å². The maximum atomic E-state index is 12.7. The van der Waals surface area contributed by atoms with E-state index in [0.29, 0.717) is 19.6 Å². The zero-order valence-electron chi connectivity index (χ0n) is 18.7. The van der Waals surface area contributed by atoms with Crippen molar-refractivity contribution in [2.45, 2.75) is 70.4 Å². The lowest BCUT2D eigenvalue weighted by molar-refractivity contribution is -0.126. The van der Waals surface area contributed by atoms with Crippen molar-refractivity contribution in [2.75, 3.05) is 32.7 Å². The third-order valence-electron chi connectivity index (χ3n) is 7.33. The van der Waals surface area contributed by atoms with Crippen LogP contribution in [0.5, 0.6) is 0 Å². The number of amides is 3. The molecule has 1 aliphatic carbocycles. The van der Waals surface area contributed by atoms with Crippen LogP contribution in [0.15, 0.2) is 22.8 Å². The molecule has 3 fully saturated rings. The molecule has 1 saturated carbocycles. The monoisotopic (exact) mass is 430 g/mol. The van der Waals surface area contributed by atoms with Gasteiger partial charge in [0, 0.05) is 44.7 Å². The summed E-state index contributed by atoms with van der Waals surface area (Å²) in [7, 11) is 0. The van der Waals surface area contributed by atoms with Crippen LogP contribution in [-0.4, -0.2) is 60.5 Å². The van der Waals surface area contributed by atoms with Gasteiger partial charge < -0.3 is 24.9 Å². The number of nitrogens with one attached hydrogen (secondary N) is 2. The molecular weight excluding hydrogens is 392 g/mol. The second-order valence-corrected chi connectivity index (χ2v) is 9.59. The molecule has 0 bridgehead atoms. The molecule has 7 heteroatoms. The number of hydrogen-bond donors (Lipinski definition) is 2. The van der Waals surface area contributed by atoms with E-state index < -0.39 is 0 Å². The summed E-state index contributed by atoms with van der Waals surface area (Å²) < 4.78 is 5.26. The molecule has 0 unspecified atom stereocenters. The molecule has 0 radical (unpaired) electrons. The molecule has 3 heterocycles. The Hall–Kier alpha value is -2.02. The van der Waals surface area contributed by atoms with Crippen LogP contribution >= 0.6 is 0 Å². The quantitative estimate of drug-likeness (QED) is 0.725. The fourth-order valence-electron chi connectivity index (χ4n) is 5.34. The van der Waals surface area contributed by atoms with Crippen LogP contribution in [0, 0.1) is 11.8 Å². The van der Waals surface area contributed by atoms with Gasteiger partial charge in [-0.25, -0.2) is 4.79 Å². The van der Waals surface area contributed by atoms with Crippen molar-refractivity contribution in [3.63, 3.8) is 0 Å². The summed E-state index contributed by atoms with van der Waals surface area (Å²) in [5.74, 6) is 1.68. The number of furan rings is 1. The van der Waals surface area contributed by atoms with E-state index in [2.05, 4.69) is 15.5 Å². The van der Waals surface area contributed by atoms with Crippen LogP contribution in [0.3, 0.4) is 0 Å². The molecule has 172 valence electrons. The standard InChI is InChI=1S/C24H38N4O3/c29-23(25-17-22-7-4-16-31-22)20-8-14-28(15-9-20)24(30)26-21-10-12-27(13-11-21)18-19-5-2-1-3-6-19/h4,7,16,19-21H,1-3,5-6,8-15,17-18H2,(H,25,29)(H,26,30). The largest absolute Gasteiger partial charge is 0.467 e. The van der Waals surface area contributed by atoms with Gasteiger partial charge in [0.05, 0.1) is 12.8 Å². The molecule has 0 atom stereocenters. The minimum Gasteiger partial charge on any atom is -0.467 e. The molecule has 3 amide bonds. The third kappa shape index (κ3) is 6.48. The molecule has 31 heavy (non-hydrogen) atoms. The van der Waals surface area contributed by atoms with Crippen LogP contribution in [0.1, 0.15) is 63.5 Å². The minimum absolute atomic E-state index is 0.0259. The number of likely N-dealkylation sites (tertiary alicyclic amines) is 2. The molecule has 2 saturated heterocycles. The molecule has 1 aromatic heterocycles. The maximum Gasteiger partial charge on any atom is 0.317 e. The van der Waals surface area contributed by atoms with E-state index in [-0.39, 0.29) is 23.9 Å². The van der Waals surface area contributed by atoms with Crippen molar-refractivity contribution in [1.82, 2.24) is 20.4 Å². The van der Waals surface area contributed by atoms with Gasteiger partial charge >= 0.3 is 6.03 Å². The predicted molar refractivity (Wildman–Crippen MR) is 119 cm³/mol. The highest BCUT2D eigenvalue weighted by Crippen LogP contribution is 2.25. The molecule has 2 N–H and O–H groups in total. The summed E-state index contributed by atoms with van der Waals surface area (Å²) in [5.41, 5.74) is 0. The second-order valence-electron chi connectivity index (χ2n) is 9.59. The van der Waals surface area contributed by atoms with Crippen LogP contribution in [0.25, 0.3) is 0 Å². The molecule has 7 nitrogen and oxygen atoms in total. The topological polar surface area (TPSA) is 77.8 Å². The van der Waals surface area contributed by atoms with E-state index in [1.165, 1.54) is 38.6 Å². The molecule has 3 aliphatic rings. The molecule has 1 aromatic rings. The molecule has 0 spiro atoms. The van der Waals surface area contributed by atoms with Gasteiger partial charge in [-0.05, 0) is 56.6 Å². The first-order valence-electron chi connectivity index (χ1n) is 12.3. The first kappa shape index (κ1) is 22.2. The number of piperidine rings is 2. The fraction of sp³-hybridized carbons (Fsp3) is 0.750. The van der Waals surface area contributed by atoms with Crippen LogP contribution in [0.2, 0.25) is 0 Å². The van der Waals surface area contributed by atoms with Gasteiger partial charge in [0.25, 0.3) is 0 Å². The highest BCUT2D eigenvalue weighted by molar-refractivity contribution is 5.79. The zero-order chi connectivity index (χ0) is 21.5. The highest BCUT2D eigenvalue weighted by atomic mass is 16.3. The van der Waals surface area contributed by atoms with E-state index >= 15 is 0 Å². The summed E-state index contributed by atoms with van der Waals surface area (Å²) in [4.78, 5) is 29.6. The Balaban J connectivity index is 1.11. The van der Waals surface area contributed by atoms with Gasteiger partial charge in [-0.2, -0.15) is 0 Å². The van der Waals surface area contributed by atoms with Gasteiger partial charge in [0.2, 0.25) is 5.91 Å². The van der Waals surface area contributed by atoms with E-state index in [4.69, 9.17) is 4.42 Å². The lowest BCUT2D eigenvalue weighted by atomic mass is 9.88.